The fraction of sp³-hybridized carbons (Fsp3) is 0.500. The van der Waals surface area contributed by atoms with Gasteiger partial charge in [0.1, 0.15) is 0 Å². The molecule has 25 heavy (non-hydrogen) atoms. The maximum absolute atomic E-state index is 12.1. The van der Waals surface area contributed by atoms with E-state index in [0.717, 1.165) is 10.6 Å². The highest BCUT2D eigenvalue weighted by atomic mass is 35.5. The number of esters is 1. The molecule has 0 aliphatic rings. The summed E-state index contributed by atoms with van der Waals surface area (Å²) in [4.78, 5) is 23.5. The second kappa shape index (κ2) is 9.05. The molecule has 0 spiro atoms. The van der Waals surface area contributed by atoms with E-state index >= 15 is 0 Å². The number of carbonyl (C=O) groups excluding carboxylic acids is 2. The molecule has 1 aromatic carbocycles. The topological polar surface area (TPSA) is 92.8 Å². The minimum atomic E-state index is -3.70. The molecule has 0 atom stereocenters. The van der Waals surface area contributed by atoms with Crippen molar-refractivity contribution in [2.45, 2.75) is 20.3 Å². The number of ether oxygens (including phenoxy) is 1. The van der Waals surface area contributed by atoms with Gasteiger partial charge >= 0.3 is 5.97 Å². The first-order valence-electron chi connectivity index (χ1n) is 7.68. The zero-order valence-electron chi connectivity index (χ0n) is 14.7. The molecule has 0 bridgehead atoms. The van der Waals surface area contributed by atoms with Crippen molar-refractivity contribution in [2.24, 2.45) is 5.92 Å². The summed E-state index contributed by atoms with van der Waals surface area (Å²) in [5, 5.41) is 2.88. The molecule has 7 nitrogen and oxygen atoms in total. The van der Waals surface area contributed by atoms with Crippen LogP contribution in [0.3, 0.4) is 0 Å². The number of rotatable bonds is 8. The van der Waals surface area contributed by atoms with Crippen molar-refractivity contribution in [1.82, 2.24) is 5.32 Å². The monoisotopic (exact) mass is 390 g/mol. The van der Waals surface area contributed by atoms with Crippen LogP contribution in [-0.2, 0) is 19.6 Å². The Balaban J connectivity index is 3.04. The van der Waals surface area contributed by atoms with E-state index in [1.807, 2.05) is 13.8 Å². The lowest BCUT2D eigenvalue weighted by Gasteiger charge is -2.23. The number of nitrogens with one attached hydrogen (secondary N) is 1. The van der Waals surface area contributed by atoms with Gasteiger partial charge in [-0.2, -0.15) is 0 Å². The van der Waals surface area contributed by atoms with Crippen LogP contribution in [0.2, 0.25) is 5.02 Å². The summed E-state index contributed by atoms with van der Waals surface area (Å²) in [6.45, 7) is 4.34. The van der Waals surface area contributed by atoms with Crippen LogP contribution in [0, 0.1) is 5.92 Å². The van der Waals surface area contributed by atoms with Crippen LogP contribution >= 0.6 is 11.6 Å². The molecule has 0 aliphatic heterocycles. The average molecular weight is 391 g/mol. The molecular formula is C16H23ClN2O5S. The summed E-state index contributed by atoms with van der Waals surface area (Å²) in [5.41, 5.74) is 0.295. The number of halogens is 1. The predicted molar refractivity (Wildman–Crippen MR) is 97.4 cm³/mol. The van der Waals surface area contributed by atoms with Crippen LogP contribution in [0.1, 0.15) is 30.6 Å². The molecule has 0 saturated heterocycles. The molecule has 0 aromatic heterocycles. The van der Waals surface area contributed by atoms with Gasteiger partial charge in [0.05, 0.1) is 29.6 Å². The number of anilines is 1. The Labute approximate surface area is 153 Å². The Kier molecular flexibility index (Phi) is 7.69. The van der Waals surface area contributed by atoms with E-state index in [-0.39, 0.29) is 35.1 Å². The summed E-state index contributed by atoms with van der Waals surface area (Å²) in [6, 6.07) is 4.19. The molecule has 0 aliphatic carbocycles. The Morgan fingerprint density at radius 1 is 1.32 bits per heavy atom. The van der Waals surface area contributed by atoms with Gasteiger partial charge in [0, 0.05) is 19.5 Å². The van der Waals surface area contributed by atoms with E-state index in [0.29, 0.717) is 12.5 Å². The van der Waals surface area contributed by atoms with Gasteiger partial charge in [-0.15, -0.1) is 0 Å². The minimum Gasteiger partial charge on any atom is -0.465 e. The van der Waals surface area contributed by atoms with Gasteiger partial charge in [-0.05, 0) is 24.1 Å². The van der Waals surface area contributed by atoms with Gasteiger partial charge in [0.25, 0.3) is 0 Å². The molecule has 0 saturated carbocycles. The number of hydrogen-bond donors (Lipinski definition) is 1. The summed E-state index contributed by atoms with van der Waals surface area (Å²) >= 11 is 6.10. The second-order valence-electron chi connectivity index (χ2n) is 5.94. The van der Waals surface area contributed by atoms with Gasteiger partial charge in [-0.25, -0.2) is 13.2 Å². The van der Waals surface area contributed by atoms with Crippen molar-refractivity contribution in [1.29, 1.82) is 0 Å². The van der Waals surface area contributed by atoms with Gasteiger partial charge < -0.3 is 10.1 Å². The van der Waals surface area contributed by atoms with Crippen molar-refractivity contribution >= 4 is 39.2 Å². The number of nitrogens with zero attached hydrogens (tertiary/aromatic N) is 1. The van der Waals surface area contributed by atoms with Crippen LogP contribution in [0.25, 0.3) is 0 Å². The normalized spacial score (nSPS) is 11.3. The zero-order chi connectivity index (χ0) is 19.2. The van der Waals surface area contributed by atoms with E-state index in [4.69, 9.17) is 11.6 Å². The summed E-state index contributed by atoms with van der Waals surface area (Å²) in [5.74, 6) is -0.579. The standard InChI is InChI=1S/C16H23ClN2O5S/c1-11(2)10-18-15(20)7-8-19(25(4,22)23)14-9-12(16(21)24-3)5-6-13(14)17/h5-6,9,11H,7-8,10H2,1-4H3,(H,18,20). The van der Waals surface area contributed by atoms with Crippen molar-refractivity contribution < 1.29 is 22.7 Å². The largest absolute Gasteiger partial charge is 0.465 e. The molecule has 9 heteroatoms. The minimum absolute atomic E-state index is 0.0292. The summed E-state index contributed by atoms with van der Waals surface area (Å²) in [7, 11) is -2.47. The Morgan fingerprint density at radius 3 is 2.48 bits per heavy atom. The predicted octanol–water partition coefficient (Wildman–Crippen LogP) is 2.05. The fourth-order valence-corrected chi connectivity index (χ4v) is 3.22. The van der Waals surface area contributed by atoms with E-state index in [1.165, 1.54) is 25.3 Å². The third-order valence-corrected chi connectivity index (χ3v) is 4.79. The molecular weight excluding hydrogens is 368 g/mol. The quantitative estimate of drug-likeness (QED) is 0.686. The Morgan fingerprint density at radius 2 is 1.96 bits per heavy atom. The molecule has 0 heterocycles. The number of sulfonamides is 1. The molecule has 0 fully saturated rings. The number of benzene rings is 1. The van der Waals surface area contributed by atoms with Crippen molar-refractivity contribution in [3.63, 3.8) is 0 Å². The van der Waals surface area contributed by atoms with Gasteiger partial charge in [-0.1, -0.05) is 25.4 Å². The second-order valence-corrected chi connectivity index (χ2v) is 8.25. The van der Waals surface area contributed by atoms with E-state index < -0.39 is 16.0 Å². The van der Waals surface area contributed by atoms with Crippen molar-refractivity contribution in [3.05, 3.63) is 28.8 Å². The maximum atomic E-state index is 12.1. The zero-order valence-corrected chi connectivity index (χ0v) is 16.3. The van der Waals surface area contributed by atoms with Gasteiger partial charge in [-0.3, -0.25) is 9.10 Å². The van der Waals surface area contributed by atoms with Crippen LogP contribution < -0.4 is 9.62 Å². The van der Waals surface area contributed by atoms with E-state index in [9.17, 15) is 18.0 Å². The molecule has 1 N–H and O–H groups in total. The Hall–Kier alpha value is -1.80. The lowest BCUT2D eigenvalue weighted by molar-refractivity contribution is -0.121. The third-order valence-electron chi connectivity index (χ3n) is 3.29. The molecule has 1 rings (SSSR count). The van der Waals surface area contributed by atoms with Gasteiger partial charge in [0.2, 0.25) is 15.9 Å². The maximum Gasteiger partial charge on any atom is 0.337 e. The smallest absolute Gasteiger partial charge is 0.337 e. The molecule has 140 valence electrons. The highest BCUT2D eigenvalue weighted by Crippen LogP contribution is 2.29. The first kappa shape index (κ1) is 21.2. The SMILES string of the molecule is COC(=O)c1ccc(Cl)c(N(CCC(=O)NCC(C)C)S(C)(=O)=O)c1. The lowest BCUT2D eigenvalue weighted by Crippen LogP contribution is -2.35. The van der Waals surface area contributed by atoms with E-state index in [1.54, 1.807) is 0 Å². The highest BCUT2D eigenvalue weighted by molar-refractivity contribution is 7.92. The van der Waals surface area contributed by atoms with Crippen molar-refractivity contribution in [2.75, 3.05) is 30.8 Å². The number of hydrogen-bond acceptors (Lipinski definition) is 5. The summed E-state index contributed by atoms with van der Waals surface area (Å²) < 4.78 is 29.9. The average Bonchev–Trinajstić information content (AvgIpc) is 2.52. The number of methoxy groups -OCH3 is 1. The first-order valence-corrected chi connectivity index (χ1v) is 9.91. The molecule has 1 aromatic rings. The number of carbonyl (C=O) groups is 2. The van der Waals surface area contributed by atoms with E-state index in [2.05, 4.69) is 10.1 Å². The lowest BCUT2D eigenvalue weighted by atomic mass is 10.2. The summed E-state index contributed by atoms with van der Waals surface area (Å²) in [6.07, 6.45) is 0.985. The van der Waals surface area contributed by atoms with Crippen LogP contribution in [0.4, 0.5) is 5.69 Å². The fourth-order valence-electron chi connectivity index (χ4n) is 2.02. The van der Waals surface area contributed by atoms with Crippen LogP contribution in [0.15, 0.2) is 18.2 Å². The highest BCUT2D eigenvalue weighted by Gasteiger charge is 2.22. The Bertz CT molecular complexity index is 734. The van der Waals surface area contributed by atoms with Crippen LogP contribution in [0.5, 0.6) is 0 Å². The van der Waals surface area contributed by atoms with Crippen LogP contribution in [-0.4, -0.2) is 46.7 Å². The molecule has 0 unspecified atom stereocenters. The molecule has 0 radical (unpaired) electrons. The van der Waals surface area contributed by atoms with Crippen molar-refractivity contribution in [3.8, 4) is 0 Å². The molecule has 1 amide bonds. The number of amides is 1. The third kappa shape index (κ3) is 6.55. The van der Waals surface area contributed by atoms with Gasteiger partial charge in [0.15, 0.2) is 0 Å². The first-order chi connectivity index (χ1) is 11.6.